The molecule has 0 aliphatic heterocycles. The van der Waals surface area contributed by atoms with E-state index in [9.17, 15) is 30.8 Å². The molecule has 3 aromatic rings. The fraction of sp³-hybridized carbons (Fsp3) is 0.296. The van der Waals surface area contributed by atoms with Crippen molar-refractivity contribution in [2.24, 2.45) is 5.92 Å². The zero-order chi connectivity index (χ0) is 27.5. The number of alkyl halides is 3. The summed E-state index contributed by atoms with van der Waals surface area (Å²) in [7, 11) is -4.03. The average molecular weight is 551 g/mol. The van der Waals surface area contributed by atoms with E-state index in [1.165, 1.54) is 36.4 Å². The maximum Gasteiger partial charge on any atom is 0.573 e. The molecular formula is C27H26F4N2O4S. The monoisotopic (exact) mass is 550 g/mol. The number of sulfonamides is 1. The molecule has 0 saturated heterocycles. The molecule has 1 atom stereocenters. The SMILES string of the molecule is CCN(C(C(=O)NCc1cccc(-c2ccc(OC(F)(F)F)cc2)c1)C1CC1)S(=O)(=O)c1ccc(F)cc1. The summed E-state index contributed by atoms with van der Waals surface area (Å²) in [4.78, 5) is 13.2. The van der Waals surface area contributed by atoms with E-state index in [0.29, 0.717) is 5.56 Å². The second-order valence-corrected chi connectivity index (χ2v) is 10.8. The Balaban J connectivity index is 1.47. The van der Waals surface area contributed by atoms with Gasteiger partial charge in [-0.15, -0.1) is 13.2 Å². The van der Waals surface area contributed by atoms with Crippen molar-refractivity contribution in [3.05, 3.63) is 84.2 Å². The van der Waals surface area contributed by atoms with Gasteiger partial charge in [-0.2, -0.15) is 4.31 Å². The summed E-state index contributed by atoms with van der Waals surface area (Å²) in [6, 6.07) is 16.2. The molecule has 1 fully saturated rings. The lowest BCUT2D eigenvalue weighted by Gasteiger charge is -2.29. The Morgan fingerprint density at radius 1 is 1.03 bits per heavy atom. The first-order valence-electron chi connectivity index (χ1n) is 12.0. The number of halogens is 4. The summed E-state index contributed by atoms with van der Waals surface area (Å²) in [6.07, 6.45) is -3.34. The van der Waals surface area contributed by atoms with E-state index in [1.54, 1.807) is 31.2 Å². The highest BCUT2D eigenvalue weighted by molar-refractivity contribution is 7.89. The van der Waals surface area contributed by atoms with Crippen LogP contribution in [0.3, 0.4) is 0 Å². The van der Waals surface area contributed by atoms with Crippen molar-refractivity contribution in [2.75, 3.05) is 6.54 Å². The maximum absolute atomic E-state index is 13.3. The number of amides is 1. The van der Waals surface area contributed by atoms with Crippen LogP contribution >= 0.6 is 0 Å². The van der Waals surface area contributed by atoms with Gasteiger partial charge in [0, 0.05) is 13.1 Å². The van der Waals surface area contributed by atoms with Crippen molar-refractivity contribution in [1.82, 2.24) is 9.62 Å². The van der Waals surface area contributed by atoms with Crippen LogP contribution in [-0.4, -0.2) is 37.6 Å². The van der Waals surface area contributed by atoms with Gasteiger partial charge < -0.3 is 10.1 Å². The molecular weight excluding hydrogens is 524 g/mol. The van der Waals surface area contributed by atoms with Crippen LogP contribution in [0.2, 0.25) is 0 Å². The average Bonchev–Trinajstić information content (AvgIpc) is 3.71. The van der Waals surface area contributed by atoms with Crippen LogP contribution in [0.4, 0.5) is 17.6 Å². The molecule has 1 amide bonds. The topological polar surface area (TPSA) is 75.7 Å². The Bertz CT molecular complexity index is 1370. The summed E-state index contributed by atoms with van der Waals surface area (Å²) in [5, 5.41) is 2.83. The number of nitrogens with zero attached hydrogens (tertiary/aromatic N) is 1. The number of benzene rings is 3. The first-order valence-corrected chi connectivity index (χ1v) is 13.4. The number of carbonyl (C=O) groups is 1. The fourth-order valence-corrected chi connectivity index (χ4v) is 5.91. The Hall–Kier alpha value is -3.44. The lowest BCUT2D eigenvalue weighted by molar-refractivity contribution is -0.274. The van der Waals surface area contributed by atoms with Crippen molar-refractivity contribution in [2.45, 2.75) is 43.6 Å². The molecule has 202 valence electrons. The third kappa shape index (κ3) is 6.70. The van der Waals surface area contributed by atoms with Gasteiger partial charge in [0.05, 0.1) is 4.90 Å². The molecule has 4 rings (SSSR count). The van der Waals surface area contributed by atoms with Gasteiger partial charge in [-0.1, -0.05) is 37.3 Å². The molecule has 38 heavy (non-hydrogen) atoms. The van der Waals surface area contributed by atoms with Gasteiger partial charge in [-0.3, -0.25) is 4.79 Å². The highest BCUT2D eigenvalue weighted by atomic mass is 32.2. The molecule has 0 aromatic heterocycles. The van der Waals surface area contributed by atoms with Crippen LogP contribution < -0.4 is 10.1 Å². The molecule has 1 N–H and O–H groups in total. The minimum absolute atomic E-state index is 0.0673. The second kappa shape index (κ2) is 11.1. The van der Waals surface area contributed by atoms with Crippen LogP contribution in [0.1, 0.15) is 25.3 Å². The lowest BCUT2D eigenvalue weighted by atomic mass is 10.0. The number of carbonyl (C=O) groups excluding carboxylic acids is 1. The van der Waals surface area contributed by atoms with Gasteiger partial charge in [0.1, 0.15) is 17.6 Å². The van der Waals surface area contributed by atoms with Gasteiger partial charge in [-0.05, 0) is 77.9 Å². The molecule has 1 aliphatic rings. The van der Waals surface area contributed by atoms with E-state index in [1.807, 2.05) is 0 Å². The van der Waals surface area contributed by atoms with Gasteiger partial charge in [-0.25, -0.2) is 12.8 Å². The molecule has 0 spiro atoms. The summed E-state index contributed by atoms with van der Waals surface area (Å²) in [5.41, 5.74) is 2.11. The van der Waals surface area contributed by atoms with Gasteiger partial charge in [0.25, 0.3) is 0 Å². The molecule has 1 aliphatic carbocycles. The molecule has 3 aromatic carbocycles. The zero-order valence-electron chi connectivity index (χ0n) is 20.4. The standard InChI is InChI=1S/C27H26F4N2O4S/c1-2-33(38(35,36)24-14-10-22(28)11-15-24)25(20-6-7-20)26(34)32-17-18-4-3-5-21(16-18)19-8-12-23(13-9-19)37-27(29,30)31/h3-5,8-16,20,25H,2,6-7,17H2,1H3,(H,32,34). The number of rotatable bonds is 10. The smallest absolute Gasteiger partial charge is 0.406 e. The Morgan fingerprint density at radius 3 is 2.26 bits per heavy atom. The maximum atomic E-state index is 13.3. The van der Waals surface area contributed by atoms with Crippen molar-refractivity contribution >= 4 is 15.9 Å². The van der Waals surface area contributed by atoms with E-state index in [0.717, 1.165) is 40.4 Å². The van der Waals surface area contributed by atoms with Gasteiger partial charge in [0.15, 0.2) is 0 Å². The number of ether oxygens (including phenoxy) is 1. The number of likely N-dealkylation sites (N-methyl/N-ethyl adjacent to an activating group) is 1. The number of nitrogens with one attached hydrogen (secondary N) is 1. The summed E-state index contributed by atoms with van der Waals surface area (Å²) >= 11 is 0. The zero-order valence-corrected chi connectivity index (χ0v) is 21.2. The molecule has 1 unspecified atom stereocenters. The lowest BCUT2D eigenvalue weighted by Crippen LogP contribution is -2.50. The van der Waals surface area contributed by atoms with Crippen LogP contribution in [0.25, 0.3) is 11.1 Å². The van der Waals surface area contributed by atoms with Crippen molar-refractivity contribution < 1.29 is 35.5 Å². The van der Waals surface area contributed by atoms with E-state index < -0.39 is 34.2 Å². The molecule has 0 radical (unpaired) electrons. The Labute approximate surface area is 218 Å². The molecule has 0 bridgehead atoms. The number of hydrogen-bond acceptors (Lipinski definition) is 4. The Morgan fingerprint density at radius 2 is 1.68 bits per heavy atom. The van der Waals surface area contributed by atoms with Crippen molar-refractivity contribution in [3.63, 3.8) is 0 Å². The quantitative estimate of drug-likeness (QED) is 0.339. The summed E-state index contributed by atoms with van der Waals surface area (Å²) in [5.74, 6) is -1.43. The predicted octanol–water partition coefficient (Wildman–Crippen LogP) is 5.50. The largest absolute Gasteiger partial charge is 0.573 e. The van der Waals surface area contributed by atoms with Crippen molar-refractivity contribution in [1.29, 1.82) is 0 Å². The van der Waals surface area contributed by atoms with E-state index in [4.69, 9.17) is 0 Å². The molecule has 1 saturated carbocycles. The highest BCUT2D eigenvalue weighted by Gasteiger charge is 2.44. The third-order valence-corrected chi connectivity index (χ3v) is 8.16. The van der Waals surface area contributed by atoms with Crippen LogP contribution in [0.15, 0.2) is 77.7 Å². The third-order valence-electron chi connectivity index (χ3n) is 6.19. The minimum atomic E-state index is -4.77. The molecule has 0 heterocycles. The van der Waals surface area contributed by atoms with Gasteiger partial charge >= 0.3 is 6.36 Å². The predicted molar refractivity (Wildman–Crippen MR) is 133 cm³/mol. The van der Waals surface area contributed by atoms with E-state index >= 15 is 0 Å². The fourth-order valence-electron chi connectivity index (χ4n) is 4.25. The second-order valence-electron chi connectivity index (χ2n) is 8.93. The molecule has 6 nitrogen and oxygen atoms in total. The normalized spacial score (nSPS) is 14.8. The molecule has 11 heteroatoms. The van der Waals surface area contributed by atoms with E-state index in [-0.39, 0.29) is 29.7 Å². The van der Waals surface area contributed by atoms with E-state index in [2.05, 4.69) is 10.1 Å². The van der Waals surface area contributed by atoms with Crippen molar-refractivity contribution in [3.8, 4) is 16.9 Å². The van der Waals surface area contributed by atoms with Gasteiger partial charge in [0.2, 0.25) is 15.9 Å². The highest BCUT2D eigenvalue weighted by Crippen LogP contribution is 2.37. The summed E-state index contributed by atoms with van der Waals surface area (Å²) < 4.78 is 82.2. The minimum Gasteiger partial charge on any atom is -0.406 e. The van der Waals surface area contributed by atoms with Crippen LogP contribution in [-0.2, 0) is 21.4 Å². The van der Waals surface area contributed by atoms with Crippen LogP contribution in [0.5, 0.6) is 5.75 Å². The Kier molecular flexibility index (Phi) is 8.08. The summed E-state index contributed by atoms with van der Waals surface area (Å²) in [6.45, 7) is 1.84. The first kappa shape index (κ1) is 27.6. The number of hydrogen-bond donors (Lipinski definition) is 1. The first-order chi connectivity index (χ1) is 18.0. The van der Waals surface area contributed by atoms with Crippen LogP contribution in [0, 0.1) is 11.7 Å².